The van der Waals surface area contributed by atoms with Crippen molar-refractivity contribution in [3.05, 3.63) is 64.7 Å². The molecule has 0 unspecified atom stereocenters. The molecule has 90 valence electrons. The Kier molecular flexibility index (Phi) is 3.64. The van der Waals surface area contributed by atoms with Gasteiger partial charge in [0, 0.05) is 0 Å². The molecule has 0 aromatic heterocycles. The van der Waals surface area contributed by atoms with Crippen LogP contribution in [0, 0.1) is 25.2 Å². The lowest BCUT2D eigenvalue weighted by Gasteiger charge is -2.09. The molecule has 0 fully saturated rings. The molecule has 2 heteroatoms. The second-order valence-electron chi connectivity index (χ2n) is 4.39. The molecular formula is C16H15NO. The van der Waals surface area contributed by atoms with E-state index in [4.69, 9.17) is 10.00 Å². The second-order valence-corrected chi connectivity index (χ2v) is 4.39. The maximum atomic E-state index is 9.05. The van der Waals surface area contributed by atoms with Gasteiger partial charge in [0.25, 0.3) is 0 Å². The van der Waals surface area contributed by atoms with Crippen LogP contribution in [-0.4, -0.2) is 0 Å². The van der Waals surface area contributed by atoms with Crippen LogP contribution in [0.25, 0.3) is 0 Å². The van der Waals surface area contributed by atoms with Crippen molar-refractivity contribution in [2.24, 2.45) is 0 Å². The molecule has 0 radical (unpaired) electrons. The first-order chi connectivity index (χ1) is 8.69. The van der Waals surface area contributed by atoms with E-state index in [1.807, 2.05) is 37.3 Å². The third-order valence-corrected chi connectivity index (χ3v) is 2.73. The van der Waals surface area contributed by atoms with Crippen LogP contribution in [0.3, 0.4) is 0 Å². The molecule has 0 bridgehead atoms. The Morgan fingerprint density at radius 3 is 2.56 bits per heavy atom. The summed E-state index contributed by atoms with van der Waals surface area (Å²) in [7, 11) is 0. The van der Waals surface area contributed by atoms with Gasteiger partial charge in [-0.25, -0.2) is 0 Å². The van der Waals surface area contributed by atoms with E-state index in [2.05, 4.69) is 25.1 Å². The SMILES string of the molecule is Cc1cccc(COc2ccc(C)cc2C#N)c1. The summed E-state index contributed by atoms with van der Waals surface area (Å²) in [6.45, 7) is 4.50. The zero-order chi connectivity index (χ0) is 13.0. The lowest BCUT2D eigenvalue weighted by atomic mass is 10.1. The second kappa shape index (κ2) is 5.37. The smallest absolute Gasteiger partial charge is 0.137 e. The van der Waals surface area contributed by atoms with Crippen molar-refractivity contribution in [2.75, 3.05) is 0 Å². The van der Waals surface area contributed by atoms with E-state index in [0.717, 1.165) is 11.1 Å². The van der Waals surface area contributed by atoms with E-state index in [-0.39, 0.29) is 0 Å². The van der Waals surface area contributed by atoms with Crippen LogP contribution in [0.4, 0.5) is 0 Å². The third-order valence-electron chi connectivity index (χ3n) is 2.73. The highest BCUT2D eigenvalue weighted by molar-refractivity contribution is 5.45. The summed E-state index contributed by atoms with van der Waals surface area (Å²) in [5.74, 6) is 0.643. The largest absolute Gasteiger partial charge is 0.488 e. The highest BCUT2D eigenvalue weighted by atomic mass is 16.5. The summed E-state index contributed by atoms with van der Waals surface area (Å²) in [4.78, 5) is 0. The van der Waals surface area contributed by atoms with E-state index < -0.39 is 0 Å². The average Bonchev–Trinajstić information content (AvgIpc) is 2.37. The molecule has 0 saturated heterocycles. The molecule has 0 amide bonds. The van der Waals surface area contributed by atoms with Gasteiger partial charge in [0.05, 0.1) is 5.56 Å². The van der Waals surface area contributed by atoms with Crippen LogP contribution < -0.4 is 4.74 Å². The molecule has 0 N–H and O–H groups in total. The van der Waals surface area contributed by atoms with Gasteiger partial charge in [0.15, 0.2) is 0 Å². The van der Waals surface area contributed by atoms with Crippen molar-refractivity contribution >= 4 is 0 Å². The van der Waals surface area contributed by atoms with Crippen molar-refractivity contribution in [1.29, 1.82) is 5.26 Å². The highest BCUT2D eigenvalue weighted by Crippen LogP contribution is 2.20. The Bertz CT molecular complexity index is 596. The first kappa shape index (κ1) is 12.2. The van der Waals surface area contributed by atoms with Crippen LogP contribution in [0.5, 0.6) is 5.75 Å². The van der Waals surface area contributed by atoms with Crippen molar-refractivity contribution in [2.45, 2.75) is 20.5 Å². The highest BCUT2D eigenvalue weighted by Gasteiger charge is 2.03. The molecule has 0 spiro atoms. The topological polar surface area (TPSA) is 33.0 Å². The first-order valence-corrected chi connectivity index (χ1v) is 5.88. The van der Waals surface area contributed by atoms with E-state index in [0.29, 0.717) is 17.9 Å². The van der Waals surface area contributed by atoms with Crippen LogP contribution >= 0.6 is 0 Å². The minimum atomic E-state index is 0.486. The van der Waals surface area contributed by atoms with E-state index in [1.54, 1.807) is 0 Å². The number of hydrogen-bond donors (Lipinski definition) is 0. The molecule has 0 atom stereocenters. The maximum absolute atomic E-state index is 9.05. The van der Waals surface area contributed by atoms with Gasteiger partial charge in [-0.2, -0.15) is 5.26 Å². The minimum Gasteiger partial charge on any atom is -0.488 e. The van der Waals surface area contributed by atoms with Crippen LogP contribution in [0.2, 0.25) is 0 Å². The summed E-state index contributed by atoms with van der Waals surface area (Å²) in [6.07, 6.45) is 0. The molecule has 2 aromatic carbocycles. The van der Waals surface area contributed by atoms with Crippen molar-refractivity contribution in [1.82, 2.24) is 0 Å². The lowest BCUT2D eigenvalue weighted by molar-refractivity contribution is 0.305. The standard InChI is InChI=1S/C16H15NO/c1-12-4-3-5-14(8-12)11-18-16-7-6-13(2)9-15(16)10-17/h3-9H,11H2,1-2H3. The van der Waals surface area contributed by atoms with Gasteiger partial charge < -0.3 is 4.74 Å². The molecule has 2 rings (SSSR count). The Morgan fingerprint density at radius 1 is 1.06 bits per heavy atom. The van der Waals surface area contributed by atoms with Gasteiger partial charge in [-0.05, 0) is 37.1 Å². The summed E-state index contributed by atoms with van der Waals surface area (Å²) >= 11 is 0. The van der Waals surface area contributed by atoms with E-state index in [1.165, 1.54) is 5.56 Å². The maximum Gasteiger partial charge on any atom is 0.137 e. The van der Waals surface area contributed by atoms with E-state index in [9.17, 15) is 0 Å². The van der Waals surface area contributed by atoms with Gasteiger partial charge in [0.1, 0.15) is 18.4 Å². The molecule has 2 aromatic rings. The number of hydrogen-bond acceptors (Lipinski definition) is 2. The number of rotatable bonds is 3. The average molecular weight is 237 g/mol. The number of benzene rings is 2. The van der Waals surface area contributed by atoms with Gasteiger partial charge in [-0.15, -0.1) is 0 Å². The lowest BCUT2D eigenvalue weighted by Crippen LogP contribution is -1.97. The first-order valence-electron chi connectivity index (χ1n) is 5.88. The molecule has 0 aliphatic carbocycles. The predicted molar refractivity (Wildman–Crippen MR) is 71.4 cm³/mol. The number of aryl methyl sites for hydroxylation is 2. The summed E-state index contributed by atoms with van der Waals surface area (Å²) < 4.78 is 5.70. The van der Waals surface area contributed by atoms with Gasteiger partial charge in [-0.3, -0.25) is 0 Å². The van der Waals surface area contributed by atoms with Crippen LogP contribution in [0.15, 0.2) is 42.5 Å². The quantitative estimate of drug-likeness (QED) is 0.814. The van der Waals surface area contributed by atoms with Crippen molar-refractivity contribution in [3.8, 4) is 11.8 Å². The normalized spacial score (nSPS) is 9.83. The monoisotopic (exact) mass is 237 g/mol. The fourth-order valence-electron chi connectivity index (χ4n) is 1.82. The van der Waals surface area contributed by atoms with E-state index >= 15 is 0 Å². The van der Waals surface area contributed by atoms with Gasteiger partial charge >= 0.3 is 0 Å². The van der Waals surface area contributed by atoms with Crippen molar-refractivity contribution < 1.29 is 4.74 Å². The fraction of sp³-hybridized carbons (Fsp3) is 0.188. The molecule has 0 aliphatic rings. The number of nitriles is 1. The van der Waals surface area contributed by atoms with Gasteiger partial charge in [0.2, 0.25) is 0 Å². The number of nitrogens with zero attached hydrogens (tertiary/aromatic N) is 1. The Labute approximate surface area is 107 Å². The summed E-state index contributed by atoms with van der Waals surface area (Å²) in [5, 5.41) is 9.05. The molecule has 0 aliphatic heterocycles. The zero-order valence-corrected chi connectivity index (χ0v) is 10.6. The van der Waals surface area contributed by atoms with Crippen molar-refractivity contribution in [3.63, 3.8) is 0 Å². The Morgan fingerprint density at radius 2 is 1.83 bits per heavy atom. The Hall–Kier alpha value is -2.27. The molecule has 0 heterocycles. The van der Waals surface area contributed by atoms with Gasteiger partial charge in [-0.1, -0.05) is 35.9 Å². The summed E-state index contributed by atoms with van der Waals surface area (Å²) in [6, 6.07) is 16.0. The molecular weight excluding hydrogens is 222 g/mol. The molecule has 0 saturated carbocycles. The minimum absolute atomic E-state index is 0.486. The fourth-order valence-corrected chi connectivity index (χ4v) is 1.82. The predicted octanol–water partition coefficient (Wildman–Crippen LogP) is 3.75. The molecule has 18 heavy (non-hydrogen) atoms. The summed E-state index contributed by atoms with van der Waals surface area (Å²) in [5.41, 5.74) is 3.97. The molecule has 2 nitrogen and oxygen atoms in total. The Balaban J connectivity index is 2.14. The third kappa shape index (κ3) is 2.89. The number of ether oxygens (including phenoxy) is 1. The van der Waals surface area contributed by atoms with Crippen LogP contribution in [0.1, 0.15) is 22.3 Å². The zero-order valence-electron chi connectivity index (χ0n) is 10.6. The van der Waals surface area contributed by atoms with Crippen LogP contribution in [-0.2, 0) is 6.61 Å².